The zero-order valence-corrected chi connectivity index (χ0v) is 26.0. The van der Waals surface area contributed by atoms with E-state index in [0.29, 0.717) is 35.8 Å². The summed E-state index contributed by atoms with van der Waals surface area (Å²) in [5, 5.41) is 6.41. The molecular weight excluding hydrogens is 587 g/mol. The molecule has 1 saturated carbocycles. The van der Waals surface area contributed by atoms with Crippen LogP contribution in [-0.2, 0) is 19.6 Å². The Labute approximate surface area is 256 Å². The molecule has 2 N–H and O–H groups in total. The smallest absolute Gasteiger partial charge is 0.263 e. The van der Waals surface area contributed by atoms with Gasteiger partial charge in [-0.25, -0.2) is 18.4 Å². The van der Waals surface area contributed by atoms with Crippen molar-refractivity contribution in [3.63, 3.8) is 0 Å². The van der Waals surface area contributed by atoms with Gasteiger partial charge in [0.05, 0.1) is 18.3 Å². The molecule has 2 aliphatic rings. The average molecular weight is 624 g/mol. The molecule has 3 aromatic rings. The van der Waals surface area contributed by atoms with Gasteiger partial charge in [-0.2, -0.15) is 4.31 Å². The number of aryl methyl sites for hydroxylation is 1. The maximum Gasteiger partial charge on any atom is 0.263 e. The van der Waals surface area contributed by atoms with Crippen molar-refractivity contribution in [1.29, 1.82) is 0 Å². The second-order valence-electron chi connectivity index (χ2n) is 11.4. The molecule has 0 spiro atoms. The molecule has 228 valence electrons. The zero-order chi connectivity index (χ0) is 30.6. The van der Waals surface area contributed by atoms with Gasteiger partial charge < -0.3 is 10.6 Å². The van der Waals surface area contributed by atoms with Crippen LogP contribution in [0.25, 0.3) is 10.6 Å². The molecule has 0 bridgehead atoms. The Morgan fingerprint density at radius 2 is 1.77 bits per heavy atom. The number of ketones is 1. The van der Waals surface area contributed by atoms with Gasteiger partial charge >= 0.3 is 0 Å². The van der Waals surface area contributed by atoms with Crippen LogP contribution in [0.15, 0.2) is 59.8 Å². The van der Waals surface area contributed by atoms with Crippen molar-refractivity contribution < 1.29 is 22.8 Å². The third-order valence-corrected chi connectivity index (χ3v) is 11.4. The number of carbonyl (C=O) groups is 3. The molecule has 12 heteroatoms. The zero-order valence-electron chi connectivity index (χ0n) is 24.4. The molecule has 43 heavy (non-hydrogen) atoms. The van der Waals surface area contributed by atoms with Crippen LogP contribution >= 0.6 is 11.3 Å². The van der Waals surface area contributed by atoms with Crippen molar-refractivity contribution in [1.82, 2.24) is 24.9 Å². The molecule has 10 nitrogen and oxygen atoms in total. The molecule has 3 atom stereocenters. The van der Waals surface area contributed by atoms with E-state index in [-0.39, 0.29) is 17.5 Å². The lowest BCUT2D eigenvalue weighted by Gasteiger charge is -2.25. The Balaban J connectivity index is 1.30. The lowest BCUT2D eigenvalue weighted by atomic mass is 9.97. The van der Waals surface area contributed by atoms with Gasteiger partial charge in [-0.15, -0.1) is 11.3 Å². The van der Waals surface area contributed by atoms with E-state index in [1.54, 1.807) is 26.0 Å². The van der Waals surface area contributed by atoms with Crippen molar-refractivity contribution in [3.05, 3.63) is 65.3 Å². The second-order valence-corrected chi connectivity index (χ2v) is 14.2. The standard InChI is InChI=1S/C31H37N5O5S2/c1-20-15-16-24(26(37)19-36(20)43(40,41)27-14-8-9-17-32-27)34-29(38)25(18-22-10-6-7-11-22)35-30(39)28-21(2)33-31(42-28)23-12-4-3-5-13-23/h3-5,8-9,12-14,17,20,22,24-25H,6-7,10-11,15-16,18-19H2,1-2H3,(H,34,38)(H,35,39)/t20-,24+,25+/m1/s1. The fourth-order valence-electron chi connectivity index (χ4n) is 5.85. The Morgan fingerprint density at radius 3 is 2.47 bits per heavy atom. The lowest BCUT2D eigenvalue weighted by molar-refractivity contribution is -0.129. The number of rotatable bonds is 9. The molecule has 2 aromatic heterocycles. The van der Waals surface area contributed by atoms with Crippen LogP contribution in [0.3, 0.4) is 0 Å². The predicted octanol–water partition coefficient (Wildman–Crippen LogP) is 4.12. The molecule has 2 fully saturated rings. The number of aromatic nitrogens is 2. The van der Waals surface area contributed by atoms with E-state index in [1.807, 2.05) is 30.3 Å². The second kappa shape index (κ2) is 13.4. The molecule has 3 heterocycles. The van der Waals surface area contributed by atoms with Gasteiger partial charge in [-0.1, -0.05) is 62.1 Å². The molecule has 0 radical (unpaired) electrons. The van der Waals surface area contributed by atoms with Gasteiger partial charge in [0.1, 0.15) is 15.9 Å². The fraction of sp³-hybridized carbons (Fsp3) is 0.452. The van der Waals surface area contributed by atoms with Crippen LogP contribution in [0.4, 0.5) is 0 Å². The fourth-order valence-corrected chi connectivity index (χ4v) is 8.38. The minimum atomic E-state index is -3.99. The first-order valence-electron chi connectivity index (χ1n) is 14.7. The van der Waals surface area contributed by atoms with E-state index < -0.39 is 39.8 Å². The summed E-state index contributed by atoms with van der Waals surface area (Å²) in [7, 11) is -3.99. The Morgan fingerprint density at radius 1 is 1.05 bits per heavy atom. The van der Waals surface area contributed by atoms with Crippen LogP contribution < -0.4 is 10.6 Å². The van der Waals surface area contributed by atoms with E-state index in [0.717, 1.165) is 36.3 Å². The molecule has 1 aromatic carbocycles. The third kappa shape index (κ3) is 7.19. The molecule has 1 aliphatic heterocycles. The van der Waals surface area contributed by atoms with Crippen LogP contribution in [0.1, 0.15) is 67.2 Å². The lowest BCUT2D eigenvalue weighted by Crippen LogP contribution is -2.53. The number of sulfonamides is 1. The summed E-state index contributed by atoms with van der Waals surface area (Å²) in [5.74, 6) is -0.905. The largest absolute Gasteiger partial charge is 0.344 e. The van der Waals surface area contributed by atoms with Gasteiger partial charge in [0.15, 0.2) is 10.8 Å². The summed E-state index contributed by atoms with van der Waals surface area (Å²) in [6.07, 6.45) is 6.67. The Bertz CT molecular complexity index is 1560. The number of nitrogens with zero attached hydrogens (tertiary/aromatic N) is 3. The van der Waals surface area contributed by atoms with Gasteiger partial charge in [-0.3, -0.25) is 14.4 Å². The van der Waals surface area contributed by atoms with Crippen molar-refractivity contribution in [2.75, 3.05) is 6.54 Å². The first-order chi connectivity index (χ1) is 20.6. The Hall–Kier alpha value is -3.48. The minimum Gasteiger partial charge on any atom is -0.344 e. The first-order valence-corrected chi connectivity index (χ1v) is 17.0. The summed E-state index contributed by atoms with van der Waals surface area (Å²) < 4.78 is 27.7. The quantitative estimate of drug-likeness (QED) is 0.366. The third-order valence-electron chi connectivity index (χ3n) is 8.28. The van der Waals surface area contributed by atoms with Crippen molar-refractivity contribution in [2.45, 2.75) is 81.9 Å². The van der Waals surface area contributed by atoms with Gasteiger partial charge in [0.2, 0.25) is 5.91 Å². The van der Waals surface area contributed by atoms with Crippen LogP contribution in [0.5, 0.6) is 0 Å². The van der Waals surface area contributed by atoms with E-state index >= 15 is 0 Å². The number of Topliss-reactive ketones (excluding diaryl/α,β-unsaturated/α-hetero) is 1. The Kier molecular flexibility index (Phi) is 9.68. The monoisotopic (exact) mass is 623 g/mol. The maximum atomic E-state index is 13.7. The van der Waals surface area contributed by atoms with E-state index in [1.165, 1.54) is 27.9 Å². The van der Waals surface area contributed by atoms with Gasteiger partial charge in [0, 0.05) is 17.8 Å². The number of nitrogens with one attached hydrogen (secondary N) is 2. The first kappa shape index (κ1) is 31.0. The number of benzene rings is 1. The topological polar surface area (TPSA) is 138 Å². The predicted molar refractivity (Wildman–Crippen MR) is 164 cm³/mol. The van der Waals surface area contributed by atoms with Crippen LogP contribution in [-0.4, -0.2) is 65.0 Å². The summed E-state index contributed by atoms with van der Waals surface area (Å²) in [6, 6.07) is 12.1. The molecule has 0 unspecified atom stereocenters. The maximum absolute atomic E-state index is 13.7. The highest BCUT2D eigenvalue weighted by atomic mass is 32.2. The number of thiazole rings is 1. The van der Waals surface area contributed by atoms with E-state index in [9.17, 15) is 22.8 Å². The highest BCUT2D eigenvalue weighted by molar-refractivity contribution is 7.89. The number of pyridine rings is 1. The van der Waals surface area contributed by atoms with Crippen molar-refractivity contribution >= 4 is 39.0 Å². The summed E-state index contributed by atoms with van der Waals surface area (Å²) in [6.45, 7) is 3.16. The van der Waals surface area contributed by atoms with Crippen molar-refractivity contribution in [3.8, 4) is 10.6 Å². The molecule has 5 rings (SSSR count). The molecule has 1 aliphatic carbocycles. The van der Waals surface area contributed by atoms with Crippen LogP contribution in [0.2, 0.25) is 0 Å². The van der Waals surface area contributed by atoms with E-state index in [4.69, 9.17) is 0 Å². The molecule has 1 saturated heterocycles. The summed E-state index contributed by atoms with van der Waals surface area (Å²) in [5.41, 5.74) is 1.50. The number of hydrogen-bond donors (Lipinski definition) is 2. The summed E-state index contributed by atoms with van der Waals surface area (Å²) in [4.78, 5) is 49.5. The SMILES string of the molecule is Cc1nc(-c2ccccc2)sc1C(=O)N[C@@H](CC1CCCC1)C(=O)N[C@H]1CC[C@@H](C)N(S(=O)(=O)c2ccccn2)CC1=O. The van der Waals surface area contributed by atoms with Gasteiger partial charge in [-0.05, 0) is 51.2 Å². The molecular formula is C31H37N5O5S2. The average Bonchev–Trinajstić information content (AvgIpc) is 3.64. The normalized spacial score (nSPS) is 20.8. The van der Waals surface area contributed by atoms with Gasteiger partial charge in [0.25, 0.3) is 15.9 Å². The highest BCUT2D eigenvalue weighted by Crippen LogP contribution is 2.31. The number of hydrogen-bond acceptors (Lipinski definition) is 8. The summed E-state index contributed by atoms with van der Waals surface area (Å²) >= 11 is 1.28. The van der Waals surface area contributed by atoms with Crippen molar-refractivity contribution in [2.24, 2.45) is 5.92 Å². The minimum absolute atomic E-state index is 0.120. The molecule has 2 amide bonds. The highest BCUT2D eigenvalue weighted by Gasteiger charge is 2.38. The number of carbonyl (C=O) groups excluding carboxylic acids is 3. The van der Waals surface area contributed by atoms with E-state index in [2.05, 4.69) is 20.6 Å². The number of amides is 2. The van der Waals surface area contributed by atoms with Crippen LogP contribution in [0, 0.1) is 12.8 Å².